The molecule has 1 aliphatic rings. The first-order valence-corrected chi connectivity index (χ1v) is 8.82. The van der Waals surface area contributed by atoms with Gasteiger partial charge < -0.3 is 10.1 Å². The summed E-state index contributed by atoms with van der Waals surface area (Å²) in [5, 5.41) is 7.12. The summed E-state index contributed by atoms with van der Waals surface area (Å²) in [4.78, 5) is 21.1. The average Bonchev–Trinajstić information content (AvgIpc) is 3.13. The van der Waals surface area contributed by atoms with Crippen molar-refractivity contribution >= 4 is 11.7 Å². The fourth-order valence-electron chi connectivity index (χ4n) is 3.28. The monoisotopic (exact) mass is 351 g/mol. The van der Waals surface area contributed by atoms with Crippen LogP contribution in [0.25, 0.3) is 5.78 Å². The molecule has 0 unspecified atom stereocenters. The summed E-state index contributed by atoms with van der Waals surface area (Å²) < 4.78 is 7.52. The highest BCUT2D eigenvalue weighted by atomic mass is 16.5. The zero-order valence-electron chi connectivity index (χ0n) is 14.8. The third-order valence-corrected chi connectivity index (χ3v) is 4.64. The Morgan fingerprint density at radius 1 is 1.38 bits per heavy atom. The topological polar surface area (TPSA) is 81.4 Å². The van der Waals surface area contributed by atoms with Crippen LogP contribution < -0.4 is 5.32 Å². The Balaban J connectivity index is 1.53. The normalized spacial score (nSPS) is 16.7. The Kier molecular flexibility index (Phi) is 4.38. The average molecular weight is 351 g/mol. The van der Waals surface area contributed by atoms with E-state index < -0.39 is 0 Å². The maximum absolute atomic E-state index is 12.7. The Morgan fingerprint density at radius 2 is 2.23 bits per heavy atom. The van der Waals surface area contributed by atoms with Crippen molar-refractivity contribution < 1.29 is 9.53 Å². The van der Waals surface area contributed by atoms with E-state index in [4.69, 9.17) is 4.74 Å². The van der Waals surface area contributed by atoms with Gasteiger partial charge in [0, 0.05) is 6.54 Å². The van der Waals surface area contributed by atoms with Gasteiger partial charge in [-0.2, -0.15) is 10.1 Å². The largest absolute Gasteiger partial charge is 0.371 e. The van der Waals surface area contributed by atoms with E-state index in [0.29, 0.717) is 24.6 Å². The summed E-state index contributed by atoms with van der Waals surface area (Å²) in [5.41, 5.74) is 3.67. The van der Waals surface area contributed by atoms with Crippen LogP contribution >= 0.6 is 0 Å². The van der Waals surface area contributed by atoms with Crippen molar-refractivity contribution in [2.75, 3.05) is 13.2 Å². The van der Waals surface area contributed by atoms with Crippen LogP contribution in [0.5, 0.6) is 0 Å². The Bertz CT molecular complexity index is 950. The van der Waals surface area contributed by atoms with E-state index in [0.717, 1.165) is 17.7 Å². The maximum atomic E-state index is 12.7. The summed E-state index contributed by atoms with van der Waals surface area (Å²) in [6, 6.07) is 9.98. The van der Waals surface area contributed by atoms with Crippen LogP contribution in [0.1, 0.15) is 53.2 Å². The fourth-order valence-corrected chi connectivity index (χ4v) is 3.28. The summed E-state index contributed by atoms with van der Waals surface area (Å²) in [6.07, 6.45) is 2.22. The summed E-state index contributed by atoms with van der Waals surface area (Å²) in [6.45, 7) is 5.17. The predicted octanol–water partition coefficient (Wildman–Crippen LogP) is 2.29. The molecule has 0 saturated heterocycles. The number of carbonyl (C=O) groups is 1. The molecule has 1 aliphatic heterocycles. The molecule has 3 heterocycles. The van der Waals surface area contributed by atoms with E-state index in [1.54, 1.807) is 10.6 Å². The van der Waals surface area contributed by atoms with Gasteiger partial charge in [-0.05, 0) is 29.5 Å². The smallest absolute Gasteiger partial charge is 0.270 e. The first-order chi connectivity index (χ1) is 12.6. The molecule has 0 fully saturated rings. The number of amides is 1. The minimum atomic E-state index is -0.232. The molecule has 0 radical (unpaired) electrons. The van der Waals surface area contributed by atoms with E-state index in [2.05, 4.69) is 32.5 Å². The fraction of sp³-hybridized carbons (Fsp3) is 0.368. The zero-order valence-corrected chi connectivity index (χ0v) is 14.8. The van der Waals surface area contributed by atoms with Crippen molar-refractivity contribution in [3.63, 3.8) is 0 Å². The molecule has 1 N–H and O–H groups in total. The molecular formula is C19H21N5O2. The van der Waals surface area contributed by atoms with Gasteiger partial charge in [0.15, 0.2) is 0 Å². The summed E-state index contributed by atoms with van der Waals surface area (Å²) in [5.74, 6) is 0.395. The Morgan fingerprint density at radius 3 is 3.08 bits per heavy atom. The van der Waals surface area contributed by atoms with Gasteiger partial charge in [0.2, 0.25) is 0 Å². The molecule has 134 valence electrons. The number of fused-ring (bicyclic) bond motifs is 2. The molecule has 0 spiro atoms. The second-order valence-corrected chi connectivity index (χ2v) is 6.71. The number of hydrogen-bond acceptors (Lipinski definition) is 5. The molecule has 1 aromatic carbocycles. The van der Waals surface area contributed by atoms with Gasteiger partial charge in [-0.25, -0.2) is 9.50 Å². The van der Waals surface area contributed by atoms with E-state index in [-0.39, 0.29) is 17.9 Å². The molecule has 26 heavy (non-hydrogen) atoms. The third-order valence-electron chi connectivity index (χ3n) is 4.64. The van der Waals surface area contributed by atoms with Crippen LogP contribution in [-0.4, -0.2) is 38.6 Å². The van der Waals surface area contributed by atoms with Crippen molar-refractivity contribution in [3.8, 4) is 0 Å². The first-order valence-electron chi connectivity index (χ1n) is 8.82. The molecule has 3 aromatic rings. The van der Waals surface area contributed by atoms with E-state index in [9.17, 15) is 4.79 Å². The lowest BCUT2D eigenvalue weighted by atomic mass is 9.97. The number of nitrogens with zero attached hydrogens (tertiary/aromatic N) is 4. The van der Waals surface area contributed by atoms with E-state index in [1.165, 1.54) is 11.9 Å². The van der Waals surface area contributed by atoms with Crippen molar-refractivity contribution in [2.24, 2.45) is 0 Å². The molecule has 0 aliphatic carbocycles. The molecule has 1 amide bonds. The summed E-state index contributed by atoms with van der Waals surface area (Å²) in [7, 11) is 0. The van der Waals surface area contributed by atoms with Crippen LogP contribution in [0.15, 0.2) is 36.7 Å². The van der Waals surface area contributed by atoms with Crippen LogP contribution in [0.2, 0.25) is 0 Å². The number of rotatable bonds is 4. The van der Waals surface area contributed by atoms with Crippen molar-refractivity contribution in [1.82, 2.24) is 24.9 Å². The Hall–Kier alpha value is -2.80. The van der Waals surface area contributed by atoms with Gasteiger partial charge in [0.25, 0.3) is 11.7 Å². The summed E-state index contributed by atoms with van der Waals surface area (Å²) >= 11 is 0. The highest BCUT2D eigenvalue weighted by Gasteiger charge is 2.22. The van der Waals surface area contributed by atoms with Gasteiger partial charge in [0.05, 0.1) is 12.3 Å². The minimum absolute atomic E-state index is 0.134. The number of ether oxygens (including phenoxy) is 1. The lowest BCUT2D eigenvalue weighted by molar-refractivity contribution is 0.0411. The third kappa shape index (κ3) is 3.06. The molecule has 4 rings (SSSR count). The zero-order chi connectivity index (χ0) is 18.1. The van der Waals surface area contributed by atoms with Gasteiger partial charge in [-0.1, -0.05) is 38.1 Å². The lowest BCUT2D eigenvalue weighted by Gasteiger charge is -2.26. The lowest BCUT2D eigenvalue weighted by Crippen LogP contribution is -2.32. The molecule has 7 nitrogen and oxygen atoms in total. The SMILES string of the molecule is CC(C)c1cc(C(=O)NC[C@H]2OCCc3ccccc32)nc2ncnn12. The van der Waals surface area contributed by atoms with Crippen LogP contribution in [0.3, 0.4) is 0 Å². The minimum Gasteiger partial charge on any atom is -0.371 e. The van der Waals surface area contributed by atoms with Gasteiger partial charge in [-0.3, -0.25) is 4.79 Å². The van der Waals surface area contributed by atoms with Crippen molar-refractivity contribution in [1.29, 1.82) is 0 Å². The maximum Gasteiger partial charge on any atom is 0.270 e. The molecule has 0 saturated carbocycles. The molecule has 7 heteroatoms. The van der Waals surface area contributed by atoms with E-state index >= 15 is 0 Å². The highest BCUT2D eigenvalue weighted by molar-refractivity contribution is 5.92. The number of carbonyl (C=O) groups excluding carboxylic acids is 1. The highest BCUT2D eigenvalue weighted by Crippen LogP contribution is 2.26. The van der Waals surface area contributed by atoms with Crippen molar-refractivity contribution in [2.45, 2.75) is 32.3 Å². The second-order valence-electron chi connectivity index (χ2n) is 6.71. The Labute approximate surface area is 151 Å². The van der Waals surface area contributed by atoms with Crippen LogP contribution in [0.4, 0.5) is 0 Å². The predicted molar refractivity (Wildman–Crippen MR) is 96.0 cm³/mol. The number of nitrogens with one attached hydrogen (secondary N) is 1. The standard InChI is InChI=1S/C19H21N5O2/c1-12(2)16-9-15(23-19-21-11-22-24(16)19)18(25)20-10-17-14-6-4-3-5-13(14)7-8-26-17/h3-6,9,11-12,17H,7-8,10H2,1-2H3,(H,20,25)/t17-/m1/s1. The van der Waals surface area contributed by atoms with Crippen LogP contribution in [0, 0.1) is 0 Å². The molecular weight excluding hydrogens is 330 g/mol. The van der Waals surface area contributed by atoms with Crippen LogP contribution in [-0.2, 0) is 11.2 Å². The van der Waals surface area contributed by atoms with Gasteiger partial charge in [0.1, 0.15) is 18.1 Å². The van der Waals surface area contributed by atoms with Gasteiger partial charge in [-0.15, -0.1) is 0 Å². The quantitative estimate of drug-likeness (QED) is 0.780. The molecule has 0 bridgehead atoms. The number of aromatic nitrogens is 4. The number of benzene rings is 1. The molecule has 2 aromatic heterocycles. The second kappa shape index (κ2) is 6.84. The van der Waals surface area contributed by atoms with E-state index in [1.807, 2.05) is 26.0 Å². The van der Waals surface area contributed by atoms with Gasteiger partial charge >= 0.3 is 0 Å². The number of hydrogen-bond donors (Lipinski definition) is 1. The molecule has 1 atom stereocenters. The first kappa shape index (κ1) is 16.7. The van der Waals surface area contributed by atoms with Crippen molar-refractivity contribution in [3.05, 3.63) is 59.2 Å².